The molecule has 3 N–H and O–H groups in total. The standard InChI is InChI=1S/C13H14N2O/c14-13(16)12(10-5-2-1-3-6-10)11-7-4-8-15-9-11/h1-8,12,15H,9H2,(H2,14,16). The molecule has 0 spiro atoms. The van der Waals surface area contributed by atoms with Gasteiger partial charge in [-0.15, -0.1) is 0 Å². The van der Waals surface area contributed by atoms with Crippen LogP contribution in [-0.4, -0.2) is 12.5 Å². The summed E-state index contributed by atoms with van der Waals surface area (Å²) in [6.07, 6.45) is 5.68. The van der Waals surface area contributed by atoms with E-state index in [1.165, 1.54) is 0 Å². The van der Waals surface area contributed by atoms with E-state index in [0.717, 1.165) is 11.1 Å². The number of primary amides is 1. The first-order chi connectivity index (χ1) is 7.79. The lowest BCUT2D eigenvalue weighted by atomic mass is 9.89. The number of nitrogens with two attached hydrogens (primary N) is 1. The first-order valence-electron chi connectivity index (χ1n) is 5.22. The Morgan fingerprint density at radius 2 is 2.06 bits per heavy atom. The minimum Gasteiger partial charge on any atom is -0.387 e. The highest BCUT2D eigenvalue weighted by Gasteiger charge is 2.22. The van der Waals surface area contributed by atoms with Gasteiger partial charge >= 0.3 is 0 Å². The molecule has 82 valence electrons. The van der Waals surface area contributed by atoms with Crippen LogP contribution in [0, 0.1) is 0 Å². The lowest BCUT2D eigenvalue weighted by Crippen LogP contribution is -2.28. The topological polar surface area (TPSA) is 55.1 Å². The largest absolute Gasteiger partial charge is 0.387 e. The Balaban J connectivity index is 2.35. The van der Waals surface area contributed by atoms with Crippen LogP contribution in [0.1, 0.15) is 11.5 Å². The summed E-state index contributed by atoms with van der Waals surface area (Å²) in [6.45, 7) is 0.666. The van der Waals surface area contributed by atoms with Crippen LogP contribution in [0.4, 0.5) is 0 Å². The number of hydrogen-bond donors (Lipinski definition) is 2. The summed E-state index contributed by atoms with van der Waals surface area (Å²) < 4.78 is 0. The number of rotatable bonds is 3. The summed E-state index contributed by atoms with van der Waals surface area (Å²) in [5, 5.41) is 3.08. The van der Waals surface area contributed by atoms with E-state index in [4.69, 9.17) is 5.73 Å². The Morgan fingerprint density at radius 1 is 1.31 bits per heavy atom. The molecular weight excluding hydrogens is 200 g/mol. The Bertz CT molecular complexity index is 435. The van der Waals surface area contributed by atoms with Crippen molar-refractivity contribution < 1.29 is 4.79 Å². The summed E-state index contributed by atoms with van der Waals surface area (Å²) in [5.41, 5.74) is 7.41. The van der Waals surface area contributed by atoms with Crippen LogP contribution >= 0.6 is 0 Å². The first-order valence-corrected chi connectivity index (χ1v) is 5.22. The van der Waals surface area contributed by atoms with Gasteiger partial charge in [0.2, 0.25) is 5.91 Å². The molecule has 1 atom stereocenters. The van der Waals surface area contributed by atoms with Gasteiger partial charge in [-0.2, -0.15) is 0 Å². The summed E-state index contributed by atoms with van der Waals surface area (Å²) >= 11 is 0. The highest BCUT2D eigenvalue weighted by molar-refractivity contribution is 5.85. The maximum absolute atomic E-state index is 11.5. The van der Waals surface area contributed by atoms with Crippen molar-refractivity contribution in [3.63, 3.8) is 0 Å². The molecule has 16 heavy (non-hydrogen) atoms. The average Bonchev–Trinajstić information content (AvgIpc) is 2.31. The molecule has 0 radical (unpaired) electrons. The Morgan fingerprint density at radius 3 is 2.62 bits per heavy atom. The van der Waals surface area contributed by atoms with E-state index >= 15 is 0 Å². The van der Waals surface area contributed by atoms with Gasteiger partial charge in [0.05, 0.1) is 5.92 Å². The second-order valence-electron chi connectivity index (χ2n) is 3.73. The Hall–Kier alpha value is -2.03. The monoisotopic (exact) mass is 214 g/mol. The molecule has 1 amide bonds. The van der Waals surface area contributed by atoms with Gasteiger partial charge in [-0.05, 0) is 23.4 Å². The molecule has 1 aromatic carbocycles. The molecule has 1 aliphatic heterocycles. The van der Waals surface area contributed by atoms with Crippen molar-refractivity contribution >= 4 is 5.91 Å². The molecule has 3 nitrogen and oxygen atoms in total. The number of carbonyl (C=O) groups is 1. The molecule has 3 heteroatoms. The lowest BCUT2D eigenvalue weighted by molar-refractivity contribution is -0.118. The molecule has 0 bridgehead atoms. The Labute approximate surface area is 94.7 Å². The van der Waals surface area contributed by atoms with Gasteiger partial charge in [-0.25, -0.2) is 0 Å². The van der Waals surface area contributed by atoms with Crippen LogP contribution in [-0.2, 0) is 4.79 Å². The summed E-state index contributed by atoms with van der Waals surface area (Å²) in [5.74, 6) is -0.645. The van der Waals surface area contributed by atoms with Crippen molar-refractivity contribution in [2.24, 2.45) is 5.73 Å². The number of allylic oxidation sites excluding steroid dienone is 2. The van der Waals surface area contributed by atoms with Crippen LogP contribution in [0.2, 0.25) is 0 Å². The second kappa shape index (κ2) is 4.66. The number of hydrogen-bond acceptors (Lipinski definition) is 2. The van der Waals surface area contributed by atoms with Crippen molar-refractivity contribution in [1.29, 1.82) is 0 Å². The lowest BCUT2D eigenvalue weighted by Gasteiger charge is -2.19. The predicted molar refractivity (Wildman–Crippen MR) is 63.6 cm³/mol. The van der Waals surface area contributed by atoms with Crippen LogP contribution < -0.4 is 11.1 Å². The maximum Gasteiger partial charge on any atom is 0.229 e. The van der Waals surface area contributed by atoms with Gasteiger partial charge in [-0.3, -0.25) is 4.79 Å². The summed E-state index contributed by atoms with van der Waals surface area (Å²) in [7, 11) is 0. The van der Waals surface area contributed by atoms with Crippen LogP contribution in [0.3, 0.4) is 0 Å². The molecule has 1 aliphatic rings. The van der Waals surface area contributed by atoms with Gasteiger partial charge in [-0.1, -0.05) is 36.4 Å². The van der Waals surface area contributed by atoms with Crippen molar-refractivity contribution in [2.75, 3.05) is 6.54 Å². The van der Waals surface area contributed by atoms with Gasteiger partial charge < -0.3 is 11.1 Å². The molecule has 0 aliphatic carbocycles. The van der Waals surface area contributed by atoms with E-state index in [1.807, 2.05) is 48.7 Å². The van der Waals surface area contributed by atoms with Crippen molar-refractivity contribution in [2.45, 2.75) is 5.92 Å². The van der Waals surface area contributed by atoms with Crippen LogP contribution in [0.25, 0.3) is 0 Å². The summed E-state index contributed by atoms with van der Waals surface area (Å²) in [6, 6.07) is 9.61. The van der Waals surface area contributed by atoms with E-state index < -0.39 is 0 Å². The normalized spacial score (nSPS) is 16.1. The summed E-state index contributed by atoms with van der Waals surface area (Å²) in [4.78, 5) is 11.5. The number of dihydropyridines is 1. The van der Waals surface area contributed by atoms with Crippen molar-refractivity contribution in [1.82, 2.24) is 5.32 Å². The fourth-order valence-corrected chi connectivity index (χ4v) is 1.88. The Kier molecular flexibility index (Phi) is 3.05. The van der Waals surface area contributed by atoms with E-state index in [-0.39, 0.29) is 11.8 Å². The first kappa shape index (κ1) is 10.5. The van der Waals surface area contributed by atoms with E-state index in [2.05, 4.69) is 5.32 Å². The molecule has 0 aromatic heterocycles. The third kappa shape index (κ3) is 2.14. The molecule has 0 fully saturated rings. The number of nitrogens with one attached hydrogen (secondary N) is 1. The fourth-order valence-electron chi connectivity index (χ4n) is 1.88. The molecule has 0 saturated heterocycles. The van der Waals surface area contributed by atoms with Gasteiger partial charge in [0.25, 0.3) is 0 Å². The number of benzene rings is 1. The van der Waals surface area contributed by atoms with Crippen LogP contribution in [0.5, 0.6) is 0 Å². The molecular formula is C13H14N2O. The third-order valence-corrected chi connectivity index (χ3v) is 2.62. The predicted octanol–water partition coefficient (Wildman–Crippen LogP) is 1.30. The zero-order chi connectivity index (χ0) is 11.4. The molecule has 1 aromatic rings. The smallest absolute Gasteiger partial charge is 0.229 e. The molecule has 1 unspecified atom stereocenters. The van der Waals surface area contributed by atoms with E-state index in [9.17, 15) is 4.79 Å². The minimum atomic E-state index is -0.335. The molecule has 1 heterocycles. The highest BCUT2D eigenvalue weighted by Crippen LogP contribution is 2.24. The second-order valence-corrected chi connectivity index (χ2v) is 3.73. The fraction of sp³-hybridized carbons (Fsp3) is 0.154. The van der Waals surface area contributed by atoms with E-state index in [1.54, 1.807) is 0 Å². The zero-order valence-corrected chi connectivity index (χ0v) is 8.89. The van der Waals surface area contributed by atoms with Gasteiger partial charge in [0.1, 0.15) is 0 Å². The van der Waals surface area contributed by atoms with Crippen molar-refractivity contribution in [3.05, 3.63) is 59.8 Å². The van der Waals surface area contributed by atoms with Gasteiger partial charge in [0.15, 0.2) is 0 Å². The average molecular weight is 214 g/mol. The SMILES string of the molecule is NC(=O)C(C1=CC=CNC1)c1ccccc1. The minimum absolute atomic E-state index is 0.311. The van der Waals surface area contributed by atoms with Crippen molar-refractivity contribution in [3.8, 4) is 0 Å². The highest BCUT2D eigenvalue weighted by atomic mass is 16.1. The molecule has 2 rings (SSSR count). The van der Waals surface area contributed by atoms with Crippen LogP contribution in [0.15, 0.2) is 54.3 Å². The van der Waals surface area contributed by atoms with E-state index in [0.29, 0.717) is 6.54 Å². The number of amides is 1. The third-order valence-electron chi connectivity index (χ3n) is 2.62. The number of carbonyl (C=O) groups excluding carboxylic acids is 1. The van der Waals surface area contributed by atoms with Gasteiger partial charge in [0, 0.05) is 6.54 Å². The molecule has 0 saturated carbocycles. The zero-order valence-electron chi connectivity index (χ0n) is 8.89. The maximum atomic E-state index is 11.5. The quantitative estimate of drug-likeness (QED) is 0.796.